The number of hydrogen-bond acceptors (Lipinski definition) is 2. The van der Waals surface area contributed by atoms with Gasteiger partial charge in [-0.1, -0.05) is 23.2 Å². The molecule has 0 atom stereocenters. The van der Waals surface area contributed by atoms with E-state index in [1.54, 1.807) is 18.2 Å². The molecule has 0 amide bonds. The number of rotatable bonds is 2. The molecule has 1 aromatic rings. The van der Waals surface area contributed by atoms with E-state index in [9.17, 15) is 4.79 Å². The van der Waals surface area contributed by atoms with Crippen molar-refractivity contribution < 1.29 is 9.53 Å². The van der Waals surface area contributed by atoms with Gasteiger partial charge in [0.2, 0.25) is 0 Å². The Bertz CT molecular complexity index is 541. The smallest absolute Gasteiger partial charge is 0.317 e. The van der Waals surface area contributed by atoms with Crippen LogP contribution < -0.4 is 4.74 Å². The van der Waals surface area contributed by atoms with Crippen molar-refractivity contribution in [1.29, 1.82) is 0 Å². The maximum Gasteiger partial charge on any atom is 0.317 e. The summed E-state index contributed by atoms with van der Waals surface area (Å²) in [5, 5.41) is 0.992. The Balaban J connectivity index is 1.57. The average molecular weight is 325 g/mol. The van der Waals surface area contributed by atoms with Gasteiger partial charge in [-0.25, -0.2) is 0 Å². The first kappa shape index (κ1) is 13.9. The summed E-state index contributed by atoms with van der Waals surface area (Å²) in [5.41, 5.74) is -0.246. The van der Waals surface area contributed by atoms with E-state index in [2.05, 4.69) is 0 Å². The standard InChI is InChI=1S/C17H18Cl2O2/c18-13-4-14(19)6-15(5-13)21-16(20)17-7-10-1-11(8-17)3-12(2-10)9-17/h4-6,10-12H,1-3,7-9H2. The number of esters is 1. The van der Waals surface area contributed by atoms with Crippen molar-refractivity contribution in [2.75, 3.05) is 0 Å². The van der Waals surface area contributed by atoms with Crippen molar-refractivity contribution >= 4 is 29.2 Å². The fourth-order valence-electron chi connectivity index (χ4n) is 5.16. The fourth-order valence-corrected chi connectivity index (χ4v) is 5.67. The summed E-state index contributed by atoms with van der Waals surface area (Å²) in [4.78, 5) is 12.8. The van der Waals surface area contributed by atoms with Crippen molar-refractivity contribution in [2.24, 2.45) is 23.2 Å². The first-order valence-corrected chi connectivity index (χ1v) is 8.46. The maximum absolute atomic E-state index is 12.8. The van der Waals surface area contributed by atoms with Crippen LogP contribution >= 0.6 is 23.2 Å². The molecule has 5 rings (SSSR count). The molecule has 1 aromatic carbocycles. The van der Waals surface area contributed by atoms with E-state index in [4.69, 9.17) is 27.9 Å². The predicted octanol–water partition coefficient (Wildman–Crippen LogP) is 5.12. The summed E-state index contributed by atoms with van der Waals surface area (Å²) in [5.74, 6) is 2.58. The molecule has 4 heteroatoms. The van der Waals surface area contributed by atoms with E-state index >= 15 is 0 Å². The van der Waals surface area contributed by atoms with Crippen molar-refractivity contribution in [3.05, 3.63) is 28.2 Å². The molecule has 0 aromatic heterocycles. The Hall–Kier alpha value is -0.730. The third-order valence-electron chi connectivity index (χ3n) is 5.52. The topological polar surface area (TPSA) is 26.3 Å². The third kappa shape index (κ3) is 2.47. The van der Waals surface area contributed by atoms with E-state index in [1.807, 2.05) is 0 Å². The first-order valence-electron chi connectivity index (χ1n) is 7.71. The Labute approximate surface area is 134 Å². The number of carbonyl (C=O) groups excluding carboxylic acids is 1. The minimum atomic E-state index is -0.246. The zero-order chi connectivity index (χ0) is 14.6. The van der Waals surface area contributed by atoms with Crippen LogP contribution in [0.2, 0.25) is 10.0 Å². The highest BCUT2D eigenvalue weighted by Gasteiger charge is 2.55. The van der Waals surface area contributed by atoms with Crippen LogP contribution in [0.4, 0.5) is 0 Å². The van der Waals surface area contributed by atoms with E-state index in [1.165, 1.54) is 19.3 Å². The molecular weight excluding hydrogens is 307 g/mol. The average Bonchev–Trinajstić information content (AvgIpc) is 2.35. The van der Waals surface area contributed by atoms with Crippen LogP contribution in [-0.2, 0) is 4.79 Å². The molecule has 0 saturated heterocycles. The van der Waals surface area contributed by atoms with Crippen LogP contribution in [0.1, 0.15) is 38.5 Å². The molecule has 0 heterocycles. The summed E-state index contributed by atoms with van der Waals surface area (Å²) in [6, 6.07) is 4.96. The molecule has 4 fully saturated rings. The summed E-state index contributed by atoms with van der Waals surface area (Å²) in [7, 11) is 0. The Kier molecular flexibility index (Phi) is 3.24. The molecule has 0 radical (unpaired) electrons. The Morgan fingerprint density at radius 3 is 1.90 bits per heavy atom. The number of carbonyl (C=O) groups is 1. The van der Waals surface area contributed by atoms with Crippen LogP contribution in [0.5, 0.6) is 5.75 Å². The summed E-state index contributed by atoms with van der Waals surface area (Å²) in [6.45, 7) is 0. The highest BCUT2D eigenvalue weighted by molar-refractivity contribution is 6.34. The second kappa shape index (κ2) is 4.89. The second-order valence-corrected chi connectivity index (χ2v) is 8.07. The molecule has 2 nitrogen and oxygen atoms in total. The van der Waals surface area contributed by atoms with Gasteiger partial charge >= 0.3 is 5.97 Å². The lowest BCUT2D eigenvalue weighted by Gasteiger charge is -2.55. The number of ether oxygens (including phenoxy) is 1. The van der Waals surface area contributed by atoms with Gasteiger partial charge in [0.15, 0.2) is 0 Å². The molecule has 0 N–H and O–H groups in total. The van der Waals surface area contributed by atoms with Crippen LogP contribution in [0.15, 0.2) is 18.2 Å². The molecule has 0 spiro atoms. The second-order valence-electron chi connectivity index (χ2n) is 7.19. The van der Waals surface area contributed by atoms with Gasteiger partial charge in [0.1, 0.15) is 5.75 Å². The highest BCUT2D eigenvalue weighted by Crippen LogP contribution is 2.60. The number of benzene rings is 1. The number of hydrogen-bond donors (Lipinski definition) is 0. The van der Waals surface area contributed by atoms with E-state index in [0.717, 1.165) is 37.0 Å². The van der Waals surface area contributed by atoms with Crippen LogP contribution in [0.25, 0.3) is 0 Å². The van der Waals surface area contributed by atoms with E-state index in [0.29, 0.717) is 15.8 Å². The molecular formula is C17H18Cl2O2. The first-order chi connectivity index (χ1) is 10.0. The lowest BCUT2D eigenvalue weighted by Crippen LogP contribution is -2.51. The minimum Gasteiger partial charge on any atom is -0.426 e. The van der Waals surface area contributed by atoms with Crippen molar-refractivity contribution in [1.82, 2.24) is 0 Å². The maximum atomic E-state index is 12.8. The van der Waals surface area contributed by atoms with Crippen molar-refractivity contribution in [3.63, 3.8) is 0 Å². The van der Waals surface area contributed by atoms with E-state index < -0.39 is 0 Å². The van der Waals surface area contributed by atoms with Crippen molar-refractivity contribution in [2.45, 2.75) is 38.5 Å². The van der Waals surface area contributed by atoms with E-state index in [-0.39, 0.29) is 11.4 Å². The zero-order valence-electron chi connectivity index (χ0n) is 11.8. The highest BCUT2D eigenvalue weighted by atomic mass is 35.5. The number of halogens is 2. The minimum absolute atomic E-state index is 0.0695. The zero-order valence-corrected chi connectivity index (χ0v) is 13.3. The van der Waals surface area contributed by atoms with Crippen LogP contribution in [-0.4, -0.2) is 5.97 Å². The molecule has 21 heavy (non-hydrogen) atoms. The molecule has 4 aliphatic rings. The summed E-state index contributed by atoms with van der Waals surface area (Å²) in [6.07, 6.45) is 6.96. The molecule has 4 aliphatic carbocycles. The Morgan fingerprint density at radius 1 is 0.952 bits per heavy atom. The third-order valence-corrected chi connectivity index (χ3v) is 5.95. The van der Waals surface area contributed by atoms with Crippen LogP contribution in [0.3, 0.4) is 0 Å². The normalized spacial score (nSPS) is 36.8. The van der Waals surface area contributed by atoms with Crippen LogP contribution in [0, 0.1) is 23.2 Å². The fraction of sp³-hybridized carbons (Fsp3) is 0.588. The largest absolute Gasteiger partial charge is 0.426 e. The van der Waals surface area contributed by atoms with Gasteiger partial charge in [-0.2, -0.15) is 0 Å². The quantitative estimate of drug-likeness (QED) is 0.557. The van der Waals surface area contributed by atoms with Gasteiger partial charge in [0.05, 0.1) is 5.41 Å². The SMILES string of the molecule is O=C(Oc1cc(Cl)cc(Cl)c1)C12CC3CC(CC(C3)C1)C2. The monoisotopic (exact) mass is 324 g/mol. The lowest BCUT2D eigenvalue weighted by molar-refractivity contribution is -0.161. The predicted molar refractivity (Wildman–Crippen MR) is 82.7 cm³/mol. The summed E-state index contributed by atoms with van der Waals surface area (Å²) < 4.78 is 5.65. The van der Waals surface area contributed by atoms with Crippen molar-refractivity contribution in [3.8, 4) is 5.75 Å². The van der Waals surface area contributed by atoms with Gasteiger partial charge < -0.3 is 4.74 Å². The van der Waals surface area contributed by atoms with Gasteiger partial charge in [0.25, 0.3) is 0 Å². The van der Waals surface area contributed by atoms with Gasteiger partial charge in [0, 0.05) is 10.0 Å². The van der Waals surface area contributed by atoms with Gasteiger partial charge in [-0.05, 0) is 74.5 Å². The molecule has 4 saturated carbocycles. The Morgan fingerprint density at radius 2 is 1.43 bits per heavy atom. The van der Waals surface area contributed by atoms with Gasteiger partial charge in [-0.3, -0.25) is 4.79 Å². The molecule has 4 bridgehead atoms. The lowest BCUT2D eigenvalue weighted by atomic mass is 9.49. The van der Waals surface area contributed by atoms with Gasteiger partial charge in [-0.15, -0.1) is 0 Å². The summed E-state index contributed by atoms with van der Waals surface area (Å²) >= 11 is 12.0. The molecule has 0 aliphatic heterocycles. The molecule has 0 unspecified atom stereocenters. The molecule has 112 valence electrons.